The Kier molecular flexibility index (Phi) is 5.03. The van der Waals surface area contributed by atoms with Crippen molar-refractivity contribution in [1.82, 2.24) is 0 Å². The van der Waals surface area contributed by atoms with Gasteiger partial charge in [-0.05, 0) is 24.3 Å². The Morgan fingerprint density at radius 1 is 1.04 bits per heavy atom. The number of nitrogens with one attached hydrogen (secondary N) is 2. The van der Waals surface area contributed by atoms with Crippen LogP contribution < -0.4 is 10.6 Å². The van der Waals surface area contributed by atoms with Crippen molar-refractivity contribution in [2.24, 2.45) is 0 Å². The zero-order valence-corrected chi connectivity index (χ0v) is 12.4. The summed E-state index contributed by atoms with van der Waals surface area (Å²) in [7, 11) is 0. The maximum atomic E-state index is 12.2. The lowest BCUT2D eigenvalue weighted by molar-refractivity contribution is -0.385. The molecule has 7 nitrogen and oxygen atoms in total. The van der Waals surface area contributed by atoms with E-state index in [1.165, 1.54) is 18.2 Å². The van der Waals surface area contributed by atoms with E-state index in [-0.39, 0.29) is 17.2 Å². The predicted octanol–water partition coefficient (Wildman–Crippen LogP) is 3.20. The van der Waals surface area contributed by atoms with Crippen molar-refractivity contribution in [2.45, 2.75) is 13.3 Å². The molecule has 0 atom stereocenters. The largest absolute Gasteiger partial charge is 0.326 e. The highest BCUT2D eigenvalue weighted by Gasteiger charge is 2.19. The summed E-state index contributed by atoms with van der Waals surface area (Å²) in [5, 5.41) is 16.2. The molecule has 0 spiro atoms. The monoisotopic (exact) mass is 313 g/mol. The highest BCUT2D eigenvalue weighted by Crippen LogP contribution is 2.21. The average molecular weight is 313 g/mol. The zero-order valence-electron chi connectivity index (χ0n) is 12.4. The van der Waals surface area contributed by atoms with Gasteiger partial charge in [0, 0.05) is 23.9 Å². The normalized spacial score (nSPS) is 9.96. The van der Waals surface area contributed by atoms with Gasteiger partial charge >= 0.3 is 0 Å². The number of benzene rings is 2. The molecular formula is C16H15N3O4. The average Bonchev–Trinajstić information content (AvgIpc) is 2.55. The Morgan fingerprint density at radius 3 is 2.35 bits per heavy atom. The Morgan fingerprint density at radius 2 is 1.70 bits per heavy atom. The van der Waals surface area contributed by atoms with Gasteiger partial charge in [-0.15, -0.1) is 0 Å². The molecule has 0 bridgehead atoms. The second-order valence-corrected chi connectivity index (χ2v) is 4.71. The maximum Gasteiger partial charge on any atom is 0.282 e. The molecule has 2 rings (SSSR count). The molecule has 2 aromatic carbocycles. The first-order chi connectivity index (χ1) is 11.0. The third-order valence-electron chi connectivity index (χ3n) is 3.07. The van der Waals surface area contributed by atoms with Gasteiger partial charge in [-0.2, -0.15) is 0 Å². The van der Waals surface area contributed by atoms with Gasteiger partial charge < -0.3 is 10.6 Å². The number of rotatable bonds is 5. The molecule has 2 N–H and O–H groups in total. The van der Waals surface area contributed by atoms with Gasteiger partial charge in [0.25, 0.3) is 11.6 Å². The number of anilines is 2. The van der Waals surface area contributed by atoms with Crippen LogP contribution in [-0.2, 0) is 4.79 Å². The fourth-order valence-corrected chi connectivity index (χ4v) is 1.95. The van der Waals surface area contributed by atoms with E-state index < -0.39 is 10.8 Å². The number of amides is 2. The summed E-state index contributed by atoms with van der Waals surface area (Å²) in [5.41, 5.74) is 0.681. The molecule has 0 saturated carbocycles. The van der Waals surface area contributed by atoms with E-state index >= 15 is 0 Å². The molecule has 0 saturated heterocycles. The minimum Gasteiger partial charge on any atom is -0.326 e. The van der Waals surface area contributed by atoms with E-state index in [0.717, 1.165) is 0 Å². The number of hydrogen-bond donors (Lipinski definition) is 2. The van der Waals surface area contributed by atoms with Crippen LogP contribution in [0.5, 0.6) is 0 Å². The van der Waals surface area contributed by atoms with Gasteiger partial charge in [-0.1, -0.05) is 25.1 Å². The van der Waals surface area contributed by atoms with Gasteiger partial charge in [0.2, 0.25) is 5.91 Å². The Hall–Kier alpha value is -3.22. The van der Waals surface area contributed by atoms with Crippen molar-refractivity contribution in [3.8, 4) is 0 Å². The molecule has 2 amide bonds. The standard InChI is InChI=1S/C16H15N3O4/c1-2-15(20)17-11-6-5-7-12(10-11)18-16(21)13-8-3-4-9-14(13)19(22)23/h3-10H,2H2,1H3,(H,17,20)(H,18,21). The second kappa shape index (κ2) is 7.17. The van der Waals surface area contributed by atoms with Crippen molar-refractivity contribution in [2.75, 3.05) is 10.6 Å². The summed E-state index contributed by atoms with van der Waals surface area (Å²) in [4.78, 5) is 34.0. The first-order valence-electron chi connectivity index (χ1n) is 6.96. The van der Waals surface area contributed by atoms with Crippen molar-refractivity contribution in [1.29, 1.82) is 0 Å². The number of nitro benzene ring substituents is 1. The molecule has 23 heavy (non-hydrogen) atoms. The van der Waals surface area contributed by atoms with E-state index in [1.807, 2.05) is 0 Å². The zero-order chi connectivity index (χ0) is 16.8. The molecule has 0 aliphatic heterocycles. The van der Waals surface area contributed by atoms with E-state index in [0.29, 0.717) is 17.8 Å². The van der Waals surface area contributed by atoms with Gasteiger partial charge in [0.1, 0.15) is 5.56 Å². The van der Waals surface area contributed by atoms with Crippen LogP contribution in [0.4, 0.5) is 17.1 Å². The molecule has 2 aromatic rings. The lowest BCUT2D eigenvalue weighted by Crippen LogP contribution is -2.14. The minimum atomic E-state index is -0.604. The molecule has 7 heteroatoms. The van der Waals surface area contributed by atoms with Crippen LogP contribution in [0, 0.1) is 10.1 Å². The molecule has 0 aliphatic carbocycles. The molecular weight excluding hydrogens is 298 g/mol. The van der Waals surface area contributed by atoms with E-state index in [9.17, 15) is 19.7 Å². The number of carbonyl (C=O) groups excluding carboxylic acids is 2. The Labute approximate surface area is 132 Å². The van der Waals surface area contributed by atoms with Crippen molar-refractivity contribution in [3.05, 3.63) is 64.2 Å². The second-order valence-electron chi connectivity index (χ2n) is 4.71. The van der Waals surface area contributed by atoms with Crippen LogP contribution in [0.2, 0.25) is 0 Å². The Bertz CT molecular complexity index is 758. The van der Waals surface area contributed by atoms with Gasteiger partial charge in [0.05, 0.1) is 4.92 Å². The number of nitro groups is 1. The first-order valence-corrected chi connectivity index (χ1v) is 6.96. The summed E-state index contributed by atoms with van der Waals surface area (Å²) in [6.45, 7) is 1.73. The molecule has 0 heterocycles. The lowest BCUT2D eigenvalue weighted by atomic mass is 10.1. The van der Waals surface area contributed by atoms with Crippen LogP contribution in [0.3, 0.4) is 0 Å². The Balaban J connectivity index is 2.19. The van der Waals surface area contributed by atoms with Crippen molar-refractivity contribution >= 4 is 28.9 Å². The highest BCUT2D eigenvalue weighted by atomic mass is 16.6. The third-order valence-corrected chi connectivity index (χ3v) is 3.07. The van der Waals surface area contributed by atoms with Gasteiger partial charge in [-0.3, -0.25) is 19.7 Å². The summed E-state index contributed by atoms with van der Waals surface area (Å²) < 4.78 is 0. The SMILES string of the molecule is CCC(=O)Nc1cccc(NC(=O)c2ccccc2[N+](=O)[O-])c1. The van der Waals surface area contributed by atoms with Crippen molar-refractivity contribution < 1.29 is 14.5 Å². The van der Waals surface area contributed by atoms with Gasteiger partial charge in [0.15, 0.2) is 0 Å². The fourth-order valence-electron chi connectivity index (χ4n) is 1.95. The quantitative estimate of drug-likeness (QED) is 0.653. The number of nitrogens with zero attached hydrogens (tertiary/aromatic N) is 1. The first kappa shape index (κ1) is 16.2. The van der Waals surface area contributed by atoms with E-state index in [1.54, 1.807) is 37.3 Å². The molecule has 0 radical (unpaired) electrons. The van der Waals surface area contributed by atoms with Crippen LogP contribution in [-0.4, -0.2) is 16.7 Å². The fraction of sp³-hybridized carbons (Fsp3) is 0.125. The van der Waals surface area contributed by atoms with Crippen molar-refractivity contribution in [3.63, 3.8) is 0 Å². The summed E-state index contributed by atoms with van der Waals surface area (Å²) in [6.07, 6.45) is 0.340. The molecule has 0 aliphatic rings. The topological polar surface area (TPSA) is 101 Å². The highest BCUT2D eigenvalue weighted by molar-refractivity contribution is 6.07. The lowest BCUT2D eigenvalue weighted by Gasteiger charge is -2.08. The number of hydrogen-bond acceptors (Lipinski definition) is 4. The third kappa shape index (κ3) is 4.13. The summed E-state index contributed by atoms with van der Waals surface area (Å²) >= 11 is 0. The smallest absolute Gasteiger partial charge is 0.282 e. The van der Waals surface area contributed by atoms with Crippen LogP contribution >= 0.6 is 0 Å². The molecule has 0 unspecified atom stereocenters. The van der Waals surface area contributed by atoms with Crippen LogP contribution in [0.1, 0.15) is 23.7 Å². The summed E-state index contributed by atoms with van der Waals surface area (Å²) in [6, 6.07) is 12.3. The van der Waals surface area contributed by atoms with E-state index in [4.69, 9.17) is 0 Å². The van der Waals surface area contributed by atoms with Crippen LogP contribution in [0.15, 0.2) is 48.5 Å². The molecule has 118 valence electrons. The van der Waals surface area contributed by atoms with E-state index in [2.05, 4.69) is 10.6 Å². The number of para-hydroxylation sites is 1. The summed E-state index contributed by atoms with van der Waals surface area (Å²) in [5.74, 6) is -0.733. The predicted molar refractivity (Wildman–Crippen MR) is 86.4 cm³/mol. The molecule has 0 fully saturated rings. The maximum absolute atomic E-state index is 12.2. The number of carbonyl (C=O) groups is 2. The minimum absolute atomic E-state index is 0.0273. The molecule has 0 aromatic heterocycles. The van der Waals surface area contributed by atoms with Crippen LogP contribution in [0.25, 0.3) is 0 Å². The van der Waals surface area contributed by atoms with Gasteiger partial charge in [-0.25, -0.2) is 0 Å².